The number of nitrogens with one attached hydrogen (secondary N) is 1. The van der Waals surface area contributed by atoms with Crippen molar-refractivity contribution in [2.75, 3.05) is 0 Å². The van der Waals surface area contributed by atoms with Gasteiger partial charge < -0.3 is 19.2 Å². The van der Waals surface area contributed by atoms with E-state index in [-0.39, 0.29) is 0 Å². The van der Waals surface area contributed by atoms with Crippen molar-refractivity contribution in [3.05, 3.63) is 29.5 Å². The van der Waals surface area contributed by atoms with E-state index in [1.54, 1.807) is 33.8 Å². The number of rotatable bonds is 3. The molecule has 2 aromatic rings. The molecule has 1 atom stereocenters. The number of hydrogen-bond donors (Lipinski definition) is 1. The minimum absolute atomic E-state index is 0.439. The van der Waals surface area contributed by atoms with Gasteiger partial charge in [0.15, 0.2) is 0 Å². The summed E-state index contributed by atoms with van der Waals surface area (Å²) in [6.45, 7) is 6.84. The highest BCUT2D eigenvalue weighted by Gasteiger charge is 2.23. The lowest BCUT2D eigenvalue weighted by molar-refractivity contribution is -0.136. The lowest BCUT2D eigenvalue weighted by Gasteiger charge is -2.21. The summed E-state index contributed by atoms with van der Waals surface area (Å²) in [5.74, 6) is 0.928. The van der Waals surface area contributed by atoms with Crippen molar-refractivity contribution in [3.8, 4) is 5.75 Å². The number of carbonyl (C=O) groups excluding carboxylic acids is 2. The van der Waals surface area contributed by atoms with Crippen LogP contribution in [-0.4, -0.2) is 23.7 Å². The van der Waals surface area contributed by atoms with Crippen LogP contribution in [0, 0.1) is 0 Å². The second-order valence-electron chi connectivity index (χ2n) is 7.66. The van der Waals surface area contributed by atoms with Crippen molar-refractivity contribution >= 4 is 23.0 Å². The van der Waals surface area contributed by atoms with E-state index in [9.17, 15) is 9.59 Å². The Balaban J connectivity index is 1.68. The molecule has 1 aliphatic rings. The van der Waals surface area contributed by atoms with Gasteiger partial charge in [0.2, 0.25) is 0 Å². The number of hydrogen-bond acceptors (Lipinski definition) is 5. The molecular formula is C20H25NO5. The predicted molar refractivity (Wildman–Crippen MR) is 97.3 cm³/mol. The Bertz CT molecular complexity index is 831. The van der Waals surface area contributed by atoms with Crippen molar-refractivity contribution in [1.29, 1.82) is 0 Å². The lowest BCUT2D eigenvalue weighted by Crippen LogP contribution is -2.43. The molecule has 1 aliphatic carbocycles. The van der Waals surface area contributed by atoms with Crippen LogP contribution < -0.4 is 10.1 Å². The Labute approximate surface area is 152 Å². The highest BCUT2D eigenvalue weighted by molar-refractivity contribution is 5.86. The van der Waals surface area contributed by atoms with Gasteiger partial charge >= 0.3 is 12.1 Å². The van der Waals surface area contributed by atoms with Crippen molar-refractivity contribution < 1.29 is 23.5 Å². The molecular weight excluding hydrogens is 334 g/mol. The van der Waals surface area contributed by atoms with Crippen LogP contribution in [-0.2, 0) is 22.4 Å². The first-order chi connectivity index (χ1) is 12.2. The van der Waals surface area contributed by atoms with Gasteiger partial charge in [-0.2, -0.15) is 0 Å². The summed E-state index contributed by atoms with van der Waals surface area (Å²) in [6.07, 6.45) is 3.57. The van der Waals surface area contributed by atoms with E-state index in [0.29, 0.717) is 5.75 Å². The molecule has 0 aliphatic heterocycles. The molecule has 1 N–H and O–H groups in total. The minimum atomic E-state index is -0.821. The Kier molecular flexibility index (Phi) is 4.94. The van der Waals surface area contributed by atoms with Crippen LogP contribution in [0.4, 0.5) is 4.79 Å². The summed E-state index contributed by atoms with van der Waals surface area (Å²) < 4.78 is 16.5. The van der Waals surface area contributed by atoms with Crippen LogP contribution in [0.25, 0.3) is 11.0 Å². The molecule has 0 saturated heterocycles. The summed E-state index contributed by atoms with van der Waals surface area (Å²) >= 11 is 0. The third kappa shape index (κ3) is 4.18. The molecule has 1 unspecified atom stereocenters. The zero-order valence-electron chi connectivity index (χ0n) is 15.7. The number of amides is 1. The molecule has 6 heteroatoms. The molecule has 1 amide bonds. The van der Waals surface area contributed by atoms with Gasteiger partial charge in [0.1, 0.15) is 28.7 Å². The number of furan rings is 1. The summed E-state index contributed by atoms with van der Waals surface area (Å²) in [4.78, 5) is 24.0. The average Bonchev–Trinajstić information content (AvgIpc) is 2.91. The topological polar surface area (TPSA) is 77.8 Å². The molecule has 26 heavy (non-hydrogen) atoms. The maximum atomic E-state index is 12.3. The number of benzene rings is 1. The van der Waals surface area contributed by atoms with Crippen LogP contribution in [0.15, 0.2) is 22.6 Å². The number of aryl methyl sites for hydroxylation is 2. The minimum Gasteiger partial charge on any atom is -0.461 e. The van der Waals surface area contributed by atoms with E-state index < -0.39 is 23.7 Å². The van der Waals surface area contributed by atoms with Crippen LogP contribution in [0.1, 0.15) is 51.9 Å². The van der Waals surface area contributed by atoms with E-state index >= 15 is 0 Å². The number of fused-ring (bicyclic) bond motifs is 3. The Morgan fingerprint density at radius 3 is 2.65 bits per heavy atom. The zero-order valence-corrected chi connectivity index (χ0v) is 15.7. The number of alkyl carbamates (subject to hydrolysis) is 1. The third-order valence-electron chi connectivity index (χ3n) is 4.23. The SMILES string of the molecule is CC(NC(=O)OC(C)(C)C)C(=O)Oc1ccc2oc3c(c2c1)CCCC3. The number of ether oxygens (including phenoxy) is 2. The Morgan fingerprint density at radius 2 is 1.92 bits per heavy atom. The fourth-order valence-corrected chi connectivity index (χ4v) is 3.05. The van der Waals surface area contributed by atoms with Crippen molar-refractivity contribution in [2.24, 2.45) is 0 Å². The van der Waals surface area contributed by atoms with Gasteiger partial charge in [-0.25, -0.2) is 9.59 Å². The second-order valence-corrected chi connectivity index (χ2v) is 7.66. The van der Waals surface area contributed by atoms with Crippen LogP contribution in [0.5, 0.6) is 5.75 Å². The Hall–Kier alpha value is -2.50. The molecule has 0 fully saturated rings. The first-order valence-corrected chi connectivity index (χ1v) is 8.98. The summed E-state index contributed by atoms with van der Waals surface area (Å²) in [7, 11) is 0. The summed E-state index contributed by atoms with van der Waals surface area (Å²) in [6, 6.07) is 4.54. The predicted octanol–water partition coefficient (Wildman–Crippen LogP) is 4.13. The Morgan fingerprint density at radius 1 is 1.19 bits per heavy atom. The second kappa shape index (κ2) is 7.02. The third-order valence-corrected chi connectivity index (χ3v) is 4.23. The van der Waals surface area contributed by atoms with Gasteiger partial charge in [-0.05, 0) is 65.2 Å². The summed E-state index contributed by atoms with van der Waals surface area (Å²) in [5, 5.41) is 3.48. The normalized spacial score (nSPS) is 15.2. The van der Waals surface area contributed by atoms with Gasteiger partial charge in [0, 0.05) is 17.4 Å². The lowest BCUT2D eigenvalue weighted by atomic mass is 9.96. The van der Waals surface area contributed by atoms with Gasteiger partial charge in [-0.3, -0.25) is 0 Å². The van der Waals surface area contributed by atoms with Gasteiger partial charge in [0.05, 0.1) is 0 Å². The highest BCUT2D eigenvalue weighted by atomic mass is 16.6. The van der Waals surface area contributed by atoms with Gasteiger partial charge in [0.25, 0.3) is 0 Å². The number of esters is 1. The fraction of sp³-hybridized carbons (Fsp3) is 0.500. The van der Waals surface area contributed by atoms with E-state index in [2.05, 4.69) is 5.32 Å². The molecule has 0 saturated carbocycles. The average molecular weight is 359 g/mol. The van der Waals surface area contributed by atoms with E-state index in [1.165, 1.54) is 5.56 Å². The molecule has 1 aromatic carbocycles. The van der Waals surface area contributed by atoms with Crippen molar-refractivity contribution in [1.82, 2.24) is 5.32 Å². The monoisotopic (exact) mass is 359 g/mol. The largest absolute Gasteiger partial charge is 0.461 e. The van der Waals surface area contributed by atoms with E-state index in [4.69, 9.17) is 13.9 Å². The zero-order chi connectivity index (χ0) is 18.9. The maximum absolute atomic E-state index is 12.3. The van der Waals surface area contributed by atoms with E-state index in [1.807, 2.05) is 12.1 Å². The molecule has 1 aromatic heterocycles. The fourth-order valence-electron chi connectivity index (χ4n) is 3.05. The maximum Gasteiger partial charge on any atom is 0.408 e. The smallest absolute Gasteiger partial charge is 0.408 e. The molecule has 0 spiro atoms. The first-order valence-electron chi connectivity index (χ1n) is 8.98. The molecule has 0 bridgehead atoms. The summed E-state index contributed by atoms with van der Waals surface area (Å²) in [5.41, 5.74) is 1.40. The van der Waals surface area contributed by atoms with Gasteiger partial charge in [-0.15, -0.1) is 0 Å². The first kappa shape index (κ1) is 18.3. The van der Waals surface area contributed by atoms with Crippen molar-refractivity contribution in [3.63, 3.8) is 0 Å². The van der Waals surface area contributed by atoms with E-state index in [0.717, 1.165) is 42.4 Å². The molecule has 140 valence electrons. The van der Waals surface area contributed by atoms with Crippen LogP contribution in [0.3, 0.4) is 0 Å². The quantitative estimate of drug-likeness (QED) is 0.658. The standard InChI is InChI=1S/C20H25NO5/c1-12(21-19(23)26-20(2,3)4)18(22)24-13-9-10-17-15(11-13)14-7-5-6-8-16(14)25-17/h9-12H,5-8H2,1-4H3,(H,21,23). The van der Waals surface area contributed by atoms with Gasteiger partial charge in [-0.1, -0.05) is 0 Å². The molecule has 1 heterocycles. The van der Waals surface area contributed by atoms with Crippen molar-refractivity contribution in [2.45, 2.75) is 65.0 Å². The van der Waals surface area contributed by atoms with Crippen LogP contribution in [0.2, 0.25) is 0 Å². The number of carbonyl (C=O) groups is 2. The highest BCUT2D eigenvalue weighted by Crippen LogP contribution is 2.34. The van der Waals surface area contributed by atoms with Crippen LogP contribution >= 0.6 is 0 Å². The molecule has 0 radical (unpaired) electrons. The molecule has 6 nitrogen and oxygen atoms in total. The molecule has 3 rings (SSSR count).